The van der Waals surface area contributed by atoms with Gasteiger partial charge in [-0.3, -0.25) is 4.79 Å². The number of carboxylic acid groups (broad SMARTS) is 1. The van der Waals surface area contributed by atoms with Gasteiger partial charge in [0.05, 0.1) is 0 Å². The maximum Gasteiger partial charge on any atom is 0.328 e. The van der Waals surface area contributed by atoms with Crippen molar-refractivity contribution in [2.45, 2.75) is 13.3 Å². The van der Waals surface area contributed by atoms with Crippen molar-refractivity contribution >= 4 is 17.8 Å². The third-order valence-corrected chi connectivity index (χ3v) is 1.86. The molecule has 1 N–H and O–H groups in total. The third kappa shape index (κ3) is 4.54. The number of furan rings is 1. The molecule has 0 amide bonds. The summed E-state index contributed by atoms with van der Waals surface area (Å²) in [5.74, 6) is 3.87. The van der Waals surface area contributed by atoms with Gasteiger partial charge in [0.2, 0.25) is 0 Å². The van der Waals surface area contributed by atoms with Crippen LogP contribution >= 0.6 is 0 Å². The van der Waals surface area contributed by atoms with Crippen molar-refractivity contribution in [1.29, 1.82) is 0 Å². The van der Waals surface area contributed by atoms with Crippen LogP contribution in [0.5, 0.6) is 0 Å². The van der Waals surface area contributed by atoms with E-state index in [-0.39, 0.29) is 5.76 Å². The van der Waals surface area contributed by atoms with Crippen LogP contribution < -0.4 is 0 Å². The Kier molecular flexibility index (Phi) is 5.20. The summed E-state index contributed by atoms with van der Waals surface area (Å²) >= 11 is 0. The van der Waals surface area contributed by atoms with Crippen LogP contribution in [0.3, 0.4) is 0 Å². The van der Waals surface area contributed by atoms with Crippen molar-refractivity contribution in [2.24, 2.45) is 0 Å². The number of Topliss-reactive ketones (excluding diaryl/α,β-unsaturated/α-hetero) is 1. The summed E-state index contributed by atoms with van der Waals surface area (Å²) in [6.45, 7) is 1.97. The maximum absolute atomic E-state index is 11.5. The highest BCUT2D eigenvalue weighted by atomic mass is 16.4. The smallest absolute Gasteiger partial charge is 0.328 e. The molecule has 4 heteroatoms. The Bertz CT molecular complexity index is 550. The number of ketones is 1. The third-order valence-electron chi connectivity index (χ3n) is 1.86. The molecule has 0 unspecified atom stereocenters. The Morgan fingerprint density at radius 2 is 2.22 bits per heavy atom. The van der Waals surface area contributed by atoms with Gasteiger partial charge in [-0.05, 0) is 36.6 Å². The lowest BCUT2D eigenvalue weighted by atomic mass is 10.3. The fourth-order valence-electron chi connectivity index (χ4n) is 1.06. The highest BCUT2D eigenvalue weighted by Gasteiger charge is 2.06. The molecule has 0 saturated carbocycles. The molecule has 0 aromatic carbocycles. The van der Waals surface area contributed by atoms with E-state index in [2.05, 4.69) is 11.8 Å². The average molecular weight is 244 g/mol. The van der Waals surface area contributed by atoms with Crippen molar-refractivity contribution in [3.8, 4) is 11.8 Å². The van der Waals surface area contributed by atoms with E-state index in [0.29, 0.717) is 5.76 Å². The molecule has 0 spiro atoms. The Morgan fingerprint density at radius 1 is 1.44 bits per heavy atom. The van der Waals surface area contributed by atoms with E-state index in [1.54, 1.807) is 6.08 Å². The normalized spacial score (nSPS) is 10.5. The lowest BCUT2D eigenvalue weighted by molar-refractivity contribution is -0.131. The van der Waals surface area contributed by atoms with Gasteiger partial charge < -0.3 is 9.52 Å². The molecular formula is C14H12O4. The highest BCUT2D eigenvalue weighted by molar-refractivity contribution is 6.07. The van der Waals surface area contributed by atoms with Crippen LogP contribution in [0.2, 0.25) is 0 Å². The van der Waals surface area contributed by atoms with Crippen molar-refractivity contribution in [3.63, 3.8) is 0 Å². The molecule has 0 saturated heterocycles. The molecule has 18 heavy (non-hydrogen) atoms. The summed E-state index contributed by atoms with van der Waals surface area (Å²) in [4.78, 5) is 21.8. The van der Waals surface area contributed by atoms with Crippen molar-refractivity contribution in [3.05, 3.63) is 41.9 Å². The Balaban J connectivity index is 2.73. The molecule has 0 radical (unpaired) electrons. The van der Waals surface area contributed by atoms with Gasteiger partial charge in [-0.15, -0.1) is 0 Å². The first-order valence-corrected chi connectivity index (χ1v) is 5.35. The Hall–Kier alpha value is -2.54. The molecule has 92 valence electrons. The second-order valence-corrected chi connectivity index (χ2v) is 3.28. The molecule has 4 nitrogen and oxygen atoms in total. The lowest BCUT2D eigenvalue weighted by Crippen LogP contribution is -1.90. The van der Waals surface area contributed by atoms with Gasteiger partial charge in [0.15, 0.2) is 5.76 Å². The summed E-state index contributed by atoms with van der Waals surface area (Å²) in [5.41, 5.74) is 0. The zero-order valence-corrected chi connectivity index (χ0v) is 9.84. The predicted octanol–water partition coefficient (Wildman–Crippen LogP) is 2.53. The molecule has 0 aliphatic carbocycles. The Labute approximate surface area is 105 Å². The standard InChI is InChI=1S/C14H12O4/c1-2-3-4-5-6-12(15)13-9-7-11(18-13)8-10-14(16)17/h3-4,7-10H,2H2,1H3,(H,16,17). The molecule has 1 aromatic rings. The van der Waals surface area contributed by atoms with E-state index in [1.807, 2.05) is 13.0 Å². The number of allylic oxidation sites excluding steroid dienone is 2. The van der Waals surface area contributed by atoms with Gasteiger partial charge in [-0.1, -0.05) is 18.9 Å². The fraction of sp³-hybridized carbons (Fsp3) is 0.143. The summed E-state index contributed by atoms with van der Waals surface area (Å²) in [6, 6.07) is 2.97. The second kappa shape index (κ2) is 6.92. The molecule has 1 rings (SSSR count). The lowest BCUT2D eigenvalue weighted by Gasteiger charge is -1.85. The fourth-order valence-corrected chi connectivity index (χ4v) is 1.06. The number of carboxylic acids is 1. The quantitative estimate of drug-likeness (QED) is 0.382. The number of rotatable bonds is 4. The van der Waals surface area contributed by atoms with Crippen LogP contribution in [0.25, 0.3) is 6.08 Å². The van der Waals surface area contributed by atoms with Crippen molar-refractivity contribution in [1.82, 2.24) is 0 Å². The van der Waals surface area contributed by atoms with E-state index in [0.717, 1.165) is 12.5 Å². The van der Waals surface area contributed by atoms with Gasteiger partial charge in [-0.25, -0.2) is 4.79 Å². The molecule has 0 bridgehead atoms. The average Bonchev–Trinajstić information content (AvgIpc) is 2.80. The molecule has 0 fully saturated rings. The molecular weight excluding hydrogens is 232 g/mol. The summed E-state index contributed by atoms with van der Waals surface area (Å²) in [7, 11) is 0. The number of hydrogen-bond donors (Lipinski definition) is 1. The molecule has 0 aliphatic rings. The van der Waals surface area contributed by atoms with Crippen LogP contribution in [0, 0.1) is 11.8 Å². The van der Waals surface area contributed by atoms with Crippen LogP contribution in [0.4, 0.5) is 0 Å². The summed E-state index contributed by atoms with van der Waals surface area (Å²) < 4.78 is 5.13. The minimum Gasteiger partial charge on any atom is -0.478 e. The van der Waals surface area contributed by atoms with Gasteiger partial charge >= 0.3 is 5.97 Å². The molecule has 1 heterocycles. The molecule has 0 atom stereocenters. The van der Waals surface area contributed by atoms with Crippen LogP contribution in [-0.4, -0.2) is 16.9 Å². The minimum atomic E-state index is -1.08. The monoisotopic (exact) mass is 244 g/mol. The van der Waals surface area contributed by atoms with Gasteiger partial charge in [0.25, 0.3) is 5.78 Å². The topological polar surface area (TPSA) is 67.5 Å². The van der Waals surface area contributed by atoms with Crippen molar-refractivity contribution < 1.29 is 19.1 Å². The van der Waals surface area contributed by atoms with E-state index in [9.17, 15) is 9.59 Å². The van der Waals surface area contributed by atoms with E-state index >= 15 is 0 Å². The first-order valence-electron chi connectivity index (χ1n) is 5.35. The number of hydrogen-bond acceptors (Lipinski definition) is 3. The number of aliphatic carboxylic acids is 1. The Morgan fingerprint density at radius 3 is 2.89 bits per heavy atom. The van der Waals surface area contributed by atoms with Gasteiger partial charge in [0.1, 0.15) is 5.76 Å². The minimum absolute atomic E-state index is 0.0948. The van der Waals surface area contributed by atoms with Crippen LogP contribution in [-0.2, 0) is 4.79 Å². The molecule has 1 aromatic heterocycles. The van der Waals surface area contributed by atoms with E-state index < -0.39 is 11.8 Å². The predicted molar refractivity (Wildman–Crippen MR) is 66.9 cm³/mol. The van der Waals surface area contributed by atoms with E-state index in [1.165, 1.54) is 18.2 Å². The summed E-state index contributed by atoms with van der Waals surface area (Å²) in [5, 5.41) is 8.43. The number of carbonyl (C=O) groups is 2. The summed E-state index contributed by atoms with van der Waals surface area (Å²) in [6.07, 6.45) is 6.50. The first kappa shape index (κ1) is 13.5. The van der Waals surface area contributed by atoms with Crippen LogP contribution in [0.15, 0.2) is 34.8 Å². The maximum atomic E-state index is 11.5. The molecule has 0 aliphatic heterocycles. The first-order chi connectivity index (χ1) is 8.63. The second-order valence-electron chi connectivity index (χ2n) is 3.28. The van der Waals surface area contributed by atoms with E-state index in [4.69, 9.17) is 9.52 Å². The number of carbonyl (C=O) groups excluding carboxylic acids is 1. The van der Waals surface area contributed by atoms with Crippen molar-refractivity contribution in [2.75, 3.05) is 0 Å². The zero-order valence-electron chi connectivity index (χ0n) is 9.84. The largest absolute Gasteiger partial charge is 0.478 e. The highest BCUT2D eigenvalue weighted by Crippen LogP contribution is 2.09. The zero-order chi connectivity index (χ0) is 13.4. The van der Waals surface area contributed by atoms with Crippen LogP contribution in [0.1, 0.15) is 29.7 Å². The SMILES string of the molecule is CCC=CC#CC(=O)c1ccc(C=CC(=O)O)o1. The van der Waals surface area contributed by atoms with Gasteiger partial charge in [-0.2, -0.15) is 0 Å². The van der Waals surface area contributed by atoms with Gasteiger partial charge in [0, 0.05) is 6.08 Å².